The summed E-state index contributed by atoms with van der Waals surface area (Å²) in [5.41, 5.74) is 1.42. The third-order valence-electron chi connectivity index (χ3n) is 5.32. The van der Waals surface area contributed by atoms with Crippen molar-refractivity contribution in [2.45, 2.75) is 20.3 Å². The molecule has 2 aliphatic rings. The highest BCUT2D eigenvalue weighted by Gasteiger charge is 2.62. The molecule has 2 aromatic rings. The quantitative estimate of drug-likeness (QED) is 0.913. The molecule has 4 rings (SSSR count). The molecule has 0 radical (unpaired) electrons. The molecule has 2 heterocycles. The van der Waals surface area contributed by atoms with Crippen molar-refractivity contribution in [2.24, 2.45) is 16.7 Å². The van der Waals surface area contributed by atoms with E-state index in [0.717, 1.165) is 39.9 Å². The fourth-order valence-corrected chi connectivity index (χ4v) is 5.76. The number of nitrogens with zero attached hydrogens (tertiary/aromatic N) is 2. The number of anilines is 1. The van der Waals surface area contributed by atoms with Crippen molar-refractivity contribution < 1.29 is 5.11 Å². The van der Waals surface area contributed by atoms with E-state index in [2.05, 4.69) is 18.7 Å². The predicted octanol–water partition coefficient (Wildman–Crippen LogP) is 3.79. The van der Waals surface area contributed by atoms with Gasteiger partial charge in [0.05, 0.1) is 16.8 Å². The van der Waals surface area contributed by atoms with Crippen molar-refractivity contribution in [3.8, 4) is 0 Å². The van der Waals surface area contributed by atoms with Crippen LogP contribution in [0.1, 0.15) is 20.3 Å². The number of aromatic nitrogens is 1. The lowest BCUT2D eigenvalue weighted by Crippen LogP contribution is -2.54. The number of rotatable bonds is 2. The van der Waals surface area contributed by atoms with E-state index in [9.17, 15) is 5.11 Å². The van der Waals surface area contributed by atoms with Gasteiger partial charge in [0.1, 0.15) is 0 Å². The molecule has 5 heteroatoms. The Balaban J connectivity index is 1.68. The van der Waals surface area contributed by atoms with Crippen LogP contribution >= 0.6 is 22.9 Å². The average molecular weight is 323 g/mol. The largest absolute Gasteiger partial charge is 0.396 e. The number of aliphatic hydroxyl groups excluding tert-OH is 1. The molecule has 0 bridgehead atoms. The van der Waals surface area contributed by atoms with E-state index in [1.807, 2.05) is 18.2 Å². The molecule has 2 atom stereocenters. The van der Waals surface area contributed by atoms with Gasteiger partial charge in [-0.2, -0.15) is 0 Å². The number of halogens is 1. The highest BCUT2D eigenvalue weighted by atomic mass is 35.5. The summed E-state index contributed by atoms with van der Waals surface area (Å²) in [4.78, 5) is 7.11. The Morgan fingerprint density at radius 2 is 2.29 bits per heavy atom. The number of hydrogen-bond acceptors (Lipinski definition) is 4. The first-order chi connectivity index (χ1) is 9.93. The number of hydrogen-bond donors (Lipinski definition) is 1. The minimum Gasteiger partial charge on any atom is -0.396 e. The third kappa shape index (κ3) is 1.92. The van der Waals surface area contributed by atoms with Crippen LogP contribution in [0.25, 0.3) is 10.2 Å². The highest BCUT2D eigenvalue weighted by molar-refractivity contribution is 7.22. The van der Waals surface area contributed by atoms with Gasteiger partial charge in [0, 0.05) is 23.5 Å². The maximum absolute atomic E-state index is 9.86. The highest BCUT2D eigenvalue weighted by Crippen LogP contribution is 2.63. The van der Waals surface area contributed by atoms with Gasteiger partial charge in [-0.1, -0.05) is 36.8 Å². The lowest BCUT2D eigenvalue weighted by atomic mass is 9.48. The molecule has 3 nitrogen and oxygen atoms in total. The number of benzene rings is 1. The molecule has 1 aliphatic heterocycles. The first-order valence-electron chi connectivity index (χ1n) is 7.35. The van der Waals surface area contributed by atoms with Crippen molar-refractivity contribution in [3.05, 3.63) is 23.2 Å². The van der Waals surface area contributed by atoms with Gasteiger partial charge in [0.25, 0.3) is 0 Å². The normalized spacial score (nSPS) is 30.5. The summed E-state index contributed by atoms with van der Waals surface area (Å²) < 4.78 is 1.13. The fraction of sp³-hybridized carbons (Fsp3) is 0.562. The summed E-state index contributed by atoms with van der Waals surface area (Å²) in [6, 6.07) is 5.85. The molecule has 21 heavy (non-hydrogen) atoms. The Morgan fingerprint density at radius 3 is 2.95 bits per heavy atom. The maximum atomic E-state index is 9.86. The lowest BCUT2D eigenvalue weighted by Gasteiger charge is -2.55. The maximum Gasteiger partial charge on any atom is 0.186 e. The molecule has 1 aromatic carbocycles. The van der Waals surface area contributed by atoms with E-state index in [-0.39, 0.29) is 12.0 Å². The van der Waals surface area contributed by atoms with Crippen LogP contribution in [0.3, 0.4) is 0 Å². The molecule has 0 amide bonds. The first-order valence-corrected chi connectivity index (χ1v) is 8.55. The molecule has 112 valence electrons. The zero-order valence-electron chi connectivity index (χ0n) is 12.3. The summed E-state index contributed by atoms with van der Waals surface area (Å²) in [5.74, 6) is 0.561. The first kappa shape index (κ1) is 13.8. The Bertz CT molecular complexity index is 713. The topological polar surface area (TPSA) is 36.4 Å². The van der Waals surface area contributed by atoms with Crippen molar-refractivity contribution in [3.63, 3.8) is 0 Å². The number of fused-ring (bicyclic) bond motifs is 2. The molecule has 1 saturated heterocycles. The van der Waals surface area contributed by atoms with Crippen molar-refractivity contribution in [2.75, 3.05) is 24.6 Å². The minimum atomic E-state index is 0.0823. The van der Waals surface area contributed by atoms with Crippen molar-refractivity contribution >= 4 is 38.3 Å². The van der Waals surface area contributed by atoms with Gasteiger partial charge in [0.15, 0.2) is 5.13 Å². The fourth-order valence-electron chi connectivity index (χ4n) is 4.51. The minimum absolute atomic E-state index is 0.0823. The van der Waals surface area contributed by atoms with Gasteiger partial charge in [-0.25, -0.2) is 4.98 Å². The zero-order valence-corrected chi connectivity index (χ0v) is 13.8. The molecule has 2 fully saturated rings. The second-order valence-corrected chi connectivity index (χ2v) is 8.67. The van der Waals surface area contributed by atoms with Crippen LogP contribution in [0, 0.1) is 16.7 Å². The molecule has 1 saturated carbocycles. The van der Waals surface area contributed by atoms with Gasteiger partial charge in [0.2, 0.25) is 0 Å². The van der Waals surface area contributed by atoms with Gasteiger partial charge in [-0.15, -0.1) is 0 Å². The molecule has 0 spiro atoms. The van der Waals surface area contributed by atoms with Crippen molar-refractivity contribution in [1.29, 1.82) is 0 Å². The smallest absolute Gasteiger partial charge is 0.186 e. The standard InChI is InChI=1S/C16H19ClN2OS/c1-15(2)7-16(9-20)8-19(6-13(15)16)14-18-11-4-3-10(17)5-12(11)21-14/h3-5,13,20H,6-9H2,1-2H3/t13-,16-/m1/s1. The Hall–Kier alpha value is -0.840. The number of aliphatic hydroxyl groups is 1. The van der Waals surface area contributed by atoms with Crippen LogP contribution in [0.5, 0.6) is 0 Å². The van der Waals surface area contributed by atoms with Crippen LogP contribution in [-0.4, -0.2) is 29.8 Å². The van der Waals surface area contributed by atoms with E-state index in [4.69, 9.17) is 16.6 Å². The Labute approximate surface area is 133 Å². The summed E-state index contributed by atoms with van der Waals surface area (Å²) in [5, 5.41) is 11.7. The molecule has 1 N–H and O–H groups in total. The molecular weight excluding hydrogens is 304 g/mol. The van der Waals surface area contributed by atoms with Gasteiger partial charge in [-0.05, 0) is 36.0 Å². The van der Waals surface area contributed by atoms with E-state index in [1.165, 1.54) is 0 Å². The predicted molar refractivity (Wildman–Crippen MR) is 88.2 cm³/mol. The second kappa shape index (κ2) is 4.34. The Morgan fingerprint density at radius 1 is 1.48 bits per heavy atom. The molecule has 1 aliphatic carbocycles. The number of thiazole rings is 1. The molecule has 0 unspecified atom stereocenters. The molecule has 1 aromatic heterocycles. The van der Waals surface area contributed by atoms with Crippen LogP contribution in [0.15, 0.2) is 18.2 Å². The van der Waals surface area contributed by atoms with E-state index in [1.54, 1.807) is 11.3 Å². The average Bonchev–Trinajstić information content (AvgIpc) is 2.97. The SMILES string of the molecule is CC1(C)C[C@]2(CO)CN(c3nc4ccc(Cl)cc4s3)C[C@H]12. The zero-order chi connectivity index (χ0) is 14.8. The monoisotopic (exact) mass is 322 g/mol. The van der Waals surface area contributed by atoms with Crippen LogP contribution in [-0.2, 0) is 0 Å². The summed E-state index contributed by atoms with van der Waals surface area (Å²) in [7, 11) is 0. The molecular formula is C16H19ClN2OS. The lowest BCUT2D eigenvalue weighted by molar-refractivity contribution is -0.0974. The van der Waals surface area contributed by atoms with Gasteiger partial charge in [-0.3, -0.25) is 0 Å². The van der Waals surface area contributed by atoms with Crippen LogP contribution in [0.2, 0.25) is 5.02 Å². The van der Waals surface area contributed by atoms with Gasteiger partial charge < -0.3 is 10.0 Å². The van der Waals surface area contributed by atoms with E-state index >= 15 is 0 Å². The second-order valence-electron chi connectivity index (χ2n) is 7.23. The van der Waals surface area contributed by atoms with E-state index < -0.39 is 0 Å². The summed E-state index contributed by atoms with van der Waals surface area (Å²) >= 11 is 7.76. The van der Waals surface area contributed by atoms with Crippen molar-refractivity contribution in [1.82, 2.24) is 4.98 Å². The Kier molecular flexibility index (Phi) is 2.85. The van der Waals surface area contributed by atoms with Crippen LogP contribution in [0.4, 0.5) is 5.13 Å². The summed E-state index contributed by atoms with van der Waals surface area (Å²) in [6.07, 6.45) is 1.11. The summed E-state index contributed by atoms with van der Waals surface area (Å²) in [6.45, 7) is 6.83. The van der Waals surface area contributed by atoms with Crippen LogP contribution < -0.4 is 4.90 Å². The third-order valence-corrected chi connectivity index (χ3v) is 6.64. The van der Waals surface area contributed by atoms with Gasteiger partial charge >= 0.3 is 0 Å². The van der Waals surface area contributed by atoms with E-state index in [0.29, 0.717) is 11.3 Å².